The summed E-state index contributed by atoms with van der Waals surface area (Å²) in [6, 6.07) is 9.21. The molecule has 8 nitrogen and oxygen atoms in total. The molecule has 0 atom stereocenters. The van der Waals surface area contributed by atoms with Crippen molar-refractivity contribution >= 4 is 39.2 Å². The number of allylic oxidation sites excluding steroid dienone is 1. The van der Waals surface area contributed by atoms with Crippen LogP contribution in [0.5, 0.6) is 11.5 Å². The second-order valence-corrected chi connectivity index (χ2v) is 9.39. The zero-order valence-corrected chi connectivity index (χ0v) is 19.7. The minimum Gasteiger partial charge on any atom is -0.464 e. The predicted molar refractivity (Wildman–Crippen MR) is 132 cm³/mol. The summed E-state index contributed by atoms with van der Waals surface area (Å²) in [4.78, 5) is 31.0. The van der Waals surface area contributed by atoms with E-state index in [0.29, 0.717) is 57.9 Å². The molecule has 3 aromatic heterocycles. The highest BCUT2D eigenvalue weighted by Gasteiger charge is 2.18. The molecule has 10 heteroatoms. The van der Waals surface area contributed by atoms with Gasteiger partial charge in [0.2, 0.25) is 12.7 Å². The van der Waals surface area contributed by atoms with Gasteiger partial charge in [0.25, 0.3) is 5.56 Å². The van der Waals surface area contributed by atoms with Crippen molar-refractivity contribution in [1.29, 1.82) is 0 Å². The fourth-order valence-corrected chi connectivity index (χ4v) is 5.51. The molecule has 4 heterocycles. The topological polar surface area (TPSA) is 95.6 Å². The molecule has 0 spiro atoms. The minimum atomic E-state index is -0.146. The van der Waals surface area contributed by atoms with Crippen molar-refractivity contribution in [2.45, 2.75) is 24.7 Å². The smallest absolute Gasteiger partial charge is 0.263 e. The van der Waals surface area contributed by atoms with Gasteiger partial charge in [0.05, 0.1) is 11.6 Å². The average Bonchev–Trinajstić information content (AvgIpc) is 3.60. The Morgan fingerprint density at radius 3 is 3.00 bits per heavy atom. The van der Waals surface area contributed by atoms with Crippen LogP contribution >= 0.6 is 23.1 Å². The van der Waals surface area contributed by atoms with Crippen molar-refractivity contribution in [2.24, 2.45) is 0 Å². The number of ether oxygens (including phenoxy) is 2. The summed E-state index contributed by atoms with van der Waals surface area (Å²) >= 11 is 2.78. The summed E-state index contributed by atoms with van der Waals surface area (Å²) < 4.78 is 17.7. The molecule has 0 unspecified atom stereocenters. The van der Waals surface area contributed by atoms with E-state index in [1.54, 1.807) is 23.0 Å². The Morgan fingerprint density at radius 1 is 1.29 bits per heavy atom. The summed E-state index contributed by atoms with van der Waals surface area (Å²) in [5.74, 6) is 2.43. The standard InChI is InChI=1S/C24H21N3O5S2/c1-2-8-27-23(29)21-16(17-4-3-9-30-17)13-34-22(21)26-24(27)33-10-7-20(28)25-12-15-5-6-18-19(11-15)32-14-31-18/h2-6,9,11,13H,1,7-8,10,12,14H2,(H,25,28). The molecule has 1 amide bonds. The zero-order valence-electron chi connectivity index (χ0n) is 18.1. The van der Waals surface area contributed by atoms with Crippen LogP contribution in [0.2, 0.25) is 0 Å². The molecule has 0 aliphatic carbocycles. The van der Waals surface area contributed by atoms with Crippen molar-refractivity contribution in [3.05, 3.63) is 70.5 Å². The van der Waals surface area contributed by atoms with Gasteiger partial charge in [-0.25, -0.2) is 4.98 Å². The number of thiophene rings is 1. The number of hydrogen-bond acceptors (Lipinski definition) is 8. The molecular weight excluding hydrogens is 474 g/mol. The van der Waals surface area contributed by atoms with Crippen LogP contribution in [0, 0.1) is 0 Å². The first-order valence-corrected chi connectivity index (χ1v) is 12.5. The van der Waals surface area contributed by atoms with E-state index in [2.05, 4.69) is 11.9 Å². The number of furan rings is 1. The number of nitrogens with zero attached hydrogens (tertiary/aromatic N) is 2. The molecule has 1 N–H and O–H groups in total. The summed E-state index contributed by atoms with van der Waals surface area (Å²) in [7, 11) is 0. The number of carbonyl (C=O) groups is 1. The van der Waals surface area contributed by atoms with Crippen molar-refractivity contribution in [2.75, 3.05) is 12.5 Å². The fraction of sp³-hybridized carbons (Fsp3) is 0.208. The molecule has 0 fully saturated rings. The van der Waals surface area contributed by atoms with E-state index >= 15 is 0 Å². The molecule has 1 aromatic carbocycles. The van der Waals surface area contributed by atoms with Gasteiger partial charge in [0, 0.05) is 36.2 Å². The van der Waals surface area contributed by atoms with Crippen LogP contribution in [0.1, 0.15) is 12.0 Å². The summed E-state index contributed by atoms with van der Waals surface area (Å²) in [5, 5.41) is 5.90. The highest BCUT2D eigenvalue weighted by molar-refractivity contribution is 7.99. The van der Waals surface area contributed by atoms with Crippen molar-refractivity contribution in [3.8, 4) is 22.8 Å². The van der Waals surface area contributed by atoms with Crippen LogP contribution in [0.4, 0.5) is 0 Å². The van der Waals surface area contributed by atoms with Gasteiger partial charge in [-0.3, -0.25) is 14.2 Å². The minimum absolute atomic E-state index is 0.0832. The predicted octanol–water partition coefficient (Wildman–Crippen LogP) is 4.43. The van der Waals surface area contributed by atoms with Gasteiger partial charge >= 0.3 is 0 Å². The first-order valence-electron chi connectivity index (χ1n) is 10.6. The average molecular weight is 496 g/mol. The molecule has 0 bridgehead atoms. The Morgan fingerprint density at radius 2 is 2.18 bits per heavy atom. The van der Waals surface area contributed by atoms with E-state index in [0.717, 1.165) is 11.1 Å². The van der Waals surface area contributed by atoms with E-state index in [9.17, 15) is 9.59 Å². The molecule has 5 rings (SSSR count). The quantitative estimate of drug-likeness (QED) is 0.208. The van der Waals surface area contributed by atoms with Crippen molar-refractivity contribution in [3.63, 3.8) is 0 Å². The normalized spacial score (nSPS) is 12.2. The van der Waals surface area contributed by atoms with E-state index < -0.39 is 0 Å². The first kappa shape index (κ1) is 22.3. The number of fused-ring (bicyclic) bond motifs is 2. The Kier molecular flexibility index (Phi) is 6.41. The number of amides is 1. The van der Waals surface area contributed by atoms with Gasteiger partial charge in [-0.15, -0.1) is 17.9 Å². The van der Waals surface area contributed by atoms with Gasteiger partial charge in [-0.2, -0.15) is 0 Å². The number of rotatable bonds is 9. The molecule has 4 aromatic rings. The Hall–Kier alpha value is -3.50. The number of aromatic nitrogens is 2. The van der Waals surface area contributed by atoms with Gasteiger partial charge in [-0.05, 0) is 29.8 Å². The SMILES string of the molecule is C=CCn1c(SCCC(=O)NCc2ccc3c(c2)OCO3)nc2scc(-c3ccco3)c2c1=O. The number of hydrogen-bond donors (Lipinski definition) is 1. The summed E-state index contributed by atoms with van der Waals surface area (Å²) in [6.45, 7) is 4.71. The van der Waals surface area contributed by atoms with Crippen LogP contribution < -0.4 is 20.3 Å². The third-order valence-corrected chi connectivity index (χ3v) is 7.09. The zero-order chi connectivity index (χ0) is 23.5. The number of benzene rings is 1. The molecule has 34 heavy (non-hydrogen) atoms. The monoisotopic (exact) mass is 495 g/mol. The molecule has 0 radical (unpaired) electrons. The van der Waals surface area contributed by atoms with Crippen LogP contribution in [0.25, 0.3) is 21.5 Å². The summed E-state index contributed by atoms with van der Waals surface area (Å²) in [6.07, 6.45) is 3.53. The Balaban J connectivity index is 1.25. The molecule has 0 saturated carbocycles. The third-order valence-electron chi connectivity index (χ3n) is 5.24. The van der Waals surface area contributed by atoms with E-state index in [-0.39, 0.29) is 18.3 Å². The molecule has 174 valence electrons. The van der Waals surface area contributed by atoms with Gasteiger partial charge in [0.15, 0.2) is 16.7 Å². The van der Waals surface area contributed by atoms with E-state index in [1.807, 2.05) is 29.6 Å². The maximum absolute atomic E-state index is 13.3. The highest BCUT2D eigenvalue weighted by Crippen LogP contribution is 2.33. The fourth-order valence-electron chi connectivity index (χ4n) is 3.59. The Labute approximate surface area is 203 Å². The lowest BCUT2D eigenvalue weighted by atomic mass is 10.2. The summed E-state index contributed by atoms with van der Waals surface area (Å²) in [5.41, 5.74) is 1.52. The van der Waals surface area contributed by atoms with Crippen LogP contribution in [-0.4, -0.2) is 28.0 Å². The first-order chi connectivity index (χ1) is 16.6. The molecule has 1 aliphatic heterocycles. The number of thioether (sulfide) groups is 1. The molecule has 1 aliphatic rings. The lowest BCUT2D eigenvalue weighted by Crippen LogP contribution is -2.24. The van der Waals surface area contributed by atoms with E-state index in [4.69, 9.17) is 18.9 Å². The van der Waals surface area contributed by atoms with Crippen molar-refractivity contribution in [1.82, 2.24) is 14.9 Å². The number of carbonyl (C=O) groups excluding carboxylic acids is 1. The second kappa shape index (κ2) is 9.78. The van der Waals surface area contributed by atoms with Gasteiger partial charge < -0.3 is 19.2 Å². The third kappa shape index (κ3) is 4.46. The lowest BCUT2D eigenvalue weighted by Gasteiger charge is -2.11. The molecular formula is C24H21N3O5S2. The molecule has 0 saturated heterocycles. The van der Waals surface area contributed by atoms with Crippen molar-refractivity contribution < 1.29 is 18.7 Å². The van der Waals surface area contributed by atoms with Crippen LogP contribution in [0.3, 0.4) is 0 Å². The van der Waals surface area contributed by atoms with E-state index in [1.165, 1.54) is 23.1 Å². The van der Waals surface area contributed by atoms with Crippen LogP contribution in [-0.2, 0) is 17.9 Å². The number of nitrogens with one attached hydrogen (secondary N) is 1. The van der Waals surface area contributed by atoms with Gasteiger partial charge in [0.1, 0.15) is 10.6 Å². The van der Waals surface area contributed by atoms with Crippen LogP contribution in [0.15, 0.2) is 69.0 Å². The largest absolute Gasteiger partial charge is 0.464 e. The maximum atomic E-state index is 13.3. The Bertz CT molecular complexity index is 1410. The highest BCUT2D eigenvalue weighted by atomic mass is 32.2. The second-order valence-electron chi connectivity index (χ2n) is 7.47. The maximum Gasteiger partial charge on any atom is 0.263 e. The lowest BCUT2D eigenvalue weighted by molar-refractivity contribution is -0.120. The van der Waals surface area contributed by atoms with Gasteiger partial charge in [-0.1, -0.05) is 23.9 Å².